The molecule has 1 fully saturated rings. The van der Waals surface area contributed by atoms with Crippen molar-refractivity contribution in [2.75, 3.05) is 13.2 Å². The molecule has 0 bridgehead atoms. The highest BCUT2D eigenvalue weighted by atomic mass is 19.3. The Hall–Kier alpha value is -1.72. The van der Waals surface area contributed by atoms with Gasteiger partial charge in [-0.05, 0) is 55.7 Å². The van der Waals surface area contributed by atoms with Gasteiger partial charge < -0.3 is 9.47 Å². The third-order valence-corrected chi connectivity index (χ3v) is 4.84. The van der Waals surface area contributed by atoms with Gasteiger partial charge in [0.25, 0.3) is 6.43 Å². The largest absolute Gasteiger partial charge is 0.491 e. The van der Waals surface area contributed by atoms with E-state index in [0.29, 0.717) is 32.3 Å². The highest BCUT2D eigenvalue weighted by molar-refractivity contribution is 5.72. The second kappa shape index (κ2) is 10.4. The van der Waals surface area contributed by atoms with E-state index in [0.717, 1.165) is 24.8 Å². The molecule has 1 aliphatic carbocycles. The van der Waals surface area contributed by atoms with Gasteiger partial charge in [0.2, 0.25) is 0 Å². The molecule has 26 heavy (non-hydrogen) atoms. The van der Waals surface area contributed by atoms with Crippen LogP contribution in [0.4, 0.5) is 13.2 Å². The molecule has 1 aromatic carbocycles. The van der Waals surface area contributed by atoms with Crippen molar-refractivity contribution in [3.8, 4) is 5.75 Å². The van der Waals surface area contributed by atoms with Crippen molar-refractivity contribution in [1.29, 1.82) is 0 Å². The number of alkyl halides is 2. The van der Waals surface area contributed by atoms with Gasteiger partial charge in [-0.15, -0.1) is 0 Å². The molecule has 0 amide bonds. The van der Waals surface area contributed by atoms with Crippen LogP contribution in [0.5, 0.6) is 5.75 Å². The van der Waals surface area contributed by atoms with Crippen LogP contribution in [-0.4, -0.2) is 25.6 Å². The first-order valence-corrected chi connectivity index (χ1v) is 9.38. The third-order valence-electron chi connectivity index (χ3n) is 4.84. The Bertz CT molecular complexity index is 569. The summed E-state index contributed by atoms with van der Waals surface area (Å²) in [5.74, 6) is -0.814. The fourth-order valence-corrected chi connectivity index (χ4v) is 3.35. The number of ether oxygens (including phenoxy) is 2. The normalized spacial score (nSPS) is 20.2. The molecule has 3 nitrogen and oxygen atoms in total. The summed E-state index contributed by atoms with van der Waals surface area (Å²) in [7, 11) is 0. The van der Waals surface area contributed by atoms with E-state index in [2.05, 4.69) is 11.7 Å². The maximum Gasteiger partial charge on any atom is 0.309 e. The summed E-state index contributed by atoms with van der Waals surface area (Å²) in [6.45, 7) is 1.77. The highest BCUT2D eigenvalue weighted by Gasteiger charge is 2.29. The first kappa shape index (κ1) is 20.6. The predicted molar refractivity (Wildman–Crippen MR) is 93.1 cm³/mol. The number of benzene rings is 1. The van der Waals surface area contributed by atoms with Crippen LogP contribution in [0.15, 0.2) is 18.2 Å². The first-order valence-electron chi connectivity index (χ1n) is 9.38. The van der Waals surface area contributed by atoms with E-state index >= 15 is 0 Å². The van der Waals surface area contributed by atoms with Crippen molar-refractivity contribution in [3.05, 3.63) is 29.6 Å². The summed E-state index contributed by atoms with van der Waals surface area (Å²) in [5.41, 5.74) is 0.891. The first-order chi connectivity index (χ1) is 12.5. The van der Waals surface area contributed by atoms with Gasteiger partial charge >= 0.3 is 5.97 Å². The smallest absolute Gasteiger partial charge is 0.309 e. The molecule has 146 valence electrons. The van der Waals surface area contributed by atoms with Gasteiger partial charge in [-0.1, -0.05) is 25.8 Å². The van der Waals surface area contributed by atoms with Crippen LogP contribution in [-0.2, 0) is 9.53 Å². The molecule has 0 aliphatic heterocycles. The number of unbranched alkanes of at least 4 members (excludes halogenated alkanes) is 2. The molecular weight excluding hydrogens is 345 g/mol. The Morgan fingerprint density at radius 3 is 2.54 bits per heavy atom. The van der Waals surface area contributed by atoms with Crippen molar-refractivity contribution < 1.29 is 27.4 Å². The van der Waals surface area contributed by atoms with Crippen molar-refractivity contribution in [2.24, 2.45) is 5.92 Å². The summed E-state index contributed by atoms with van der Waals surface area (Å²) < 4.78 is 48.5. The molecule has 0 aromatic heterocycles. The van der Waals surface area contributed by atoms with E-state index in [1.807, 2.05) is 6.07 Å². The summed E-state index contributed by atoms with van der Waals surface area (Å²) in [4.78, 5) is 11.8. The van der Waals surface area contributed by atoms with Gasteiger partial charge in [-0.25, -0.2) is 13.2 Å². The molecule has 1 aliphatic rings. The van der Waals surface area contributed by atoms with Crippen LogP contribution in [0.1, 0.15) is 63.4 Å². The molecular formula is C20H27F3O3. The maximum absolute atomic E-state index is 14.2. The number of carbonyl (C=O) groups is 1. The van der Waals surface area contributed by atoms with Crippen LogP contribution in [0.25, 0.3) is 0 Å². The average molecular weight is 372 g/mol. The Balaban J connectivity index is 1.83. The number of halogens is 3. The van der Waals surface area contributed by atoms with E-state index in [9.17, 15) is 18.0 Å². The summed E-state index contributed by atoms with van der Waals surface area (Å²) in [5, 5.41) is 0. The van der Waals surface area contributed by atoms with E-state index in [1.54, 1.807) is 6.07 Å². The SMILES string of the molecule is CCCCCOc1ccc([C@H]2CC[C@H](C(=O)OCC(F)F)CC2)cc1F. The Labute approximate surface area is 152 Å². The van der Waals surface area contributed by atoms with Crippen molar-refractivity contribution in [3.63, 3.8) is 0 Å². The Kier molecular flexibility index (Phi) is 8.26. The van der Waals surface area contributed by atoms with Gasteiger partial charge in [-0.2, -0.15) is 0 Å². The lowest BCUT2D eigenvalue weighted by Gasteiger charge is -2.27. The Morgan fingerprint density at radius 2 is 1.92 bits per heavy atom. The van der Waals surface area contributed by atoms with E-state index in [1.165, 1.54) is 6.07 Å². The van der Waals surface area contributed by atoms with Gasteiger partial charge in [0.05, 0.1) is 12.5 Å². The van der Waals surface area contributed by atoms with Crippen molar-refractivity contribution in [2.45, 2.75) is 64.2 Å². The molecule has 0 unspecified atom stereocenters. The van der Waals surface area contributed by atoms with Crippen LogP contribution in [0.2, 0.25) is 0 Å². The number of hydrogen-bond donors (Lipinski definition) is 0. The molecule has 0 N–H and O–H groups in total. The number of esters is 1. The minimum atomic E-state index is -2.64. The van der Waals surface area contributed by atoms with Crippen LogP contribution in [0.3, 0.4) is 0 Å². The standard InChI is InChI=1S/C20H27F3O3/c1-2-3-4-11-25-18-10-9-16(12-17(18)21)14-5-7-15(8-6-14)20(24)26-13-19(22)23/h9-10,12,14-15,19H,2-8,11,13H2,1H3/t14-,15-. The van der Waals surface area contributed by atoms with Crippen LogP contribution in [0, 0.1) is 11.7 Å². The molecule has 1 aromatic rings. The van der Waals surface area contributed by atoms with Gasteiger partial charge in [0, 0.05) is 0 Å². The number of rotatable bonds is 9. The van der Waals surface area contributed by atoms with Gasteiger partial charge in [-0.3, -0.25) is 4.79 Å². The number of hydrogen-bond acceptors (Lipinski definition) is 3. The average Bonchev–Trinajstić information content (AvgIpc) is 2.64. The molecule has 1 saturated carbocycles. The van der Waals surface area contributed by atoms with Gasteiger partial charge in [0.15, 0.2) is 18.2 Å². The third kappa shape index (κ3) is 6.22. The molecule has 0 radical (unpaired) electrons. The van der Waals surface area contributed by atoms with Gasteiger partial charge in [0.1, 0.15) is 0 Å². The lowest BCUT2D eigenvalue weighted by Crippen LogP contribution is -2.24. The second-order valence-corrected chi connectivity index (χ2v) is 6.82. The molecule has 0 spiro atoms. The molecule has 6 heteroatoms. The summed E-state index contributed by atoms with van der Waals surface area (Å²) in [6, 6.07) is 5.05. The molecule has 0 heterocycles. The van der Waals surface area contributed by atoms with Crippen molar-refractivity contribution >= 4 is 5.97 Å². The molecule has 2 rings (SSSR count). The van der Waals surface area contributed by atoms with Crippen LogP contribution < -0.4 is 4.74 Å². The quantitative estimate of drug-likeness (QED) is 0.425. The highest BCUT2D eigenvalue weighted by Crippen LogP contribution is 2.37. The minimum absolute atomic E-state index is 0.165. The fraction of sp³-hybridized carbons (Fsp3) is 0.650. The fourth-order valence-electron chi connectivity index (χ4n) is 3.35. The lowest BCUT2D eigenvalue weighted by atomic mass is 9.78. The predicted octanol–water partition coefficient (Wildman–Crippen LogP) is 5.48. The van der Waals surface area contributed by atoms with E-state index in [4.69, 9.17) is 4.74 Å². The molecule has 0 saturated heterocycles. The van der Waals surface area contributed by atoms with E-state index in [-0.39, 0.29) is 23.4 Å². The zero-order chi connectivity index (χ0) is 18.9. The zero-order valence-corrected chi connectivity index (χ0v) is 15.2. The Morgan fingerprint density at radius 1 is 1.19 bits per heavy atom. The van der Waals surface area contributed by atoms with Crippen LogP contribution >= 0.6 is 0 Å². The monoisotopic (exact) mass is 372 g/mol. The van der Waals surface area contributed by atoms with Crippen molar-refractivity contribution in [1.82, 2.24) is 0 Å². The maximum atomic E-state index is 14.2. The summed E-state index contributed by atoms with van der Waals surface area (Å²) in [6.07, 6.45) is 2.98. The molecule has 0 atom stereocenters. The number of carbonyl (C=O) groups excluding carboxylic acids is 1. The summed E-state index contributed by atoms with van der Waals surface area (Å²) >= 11 is 0. The minimum Gasteiger partial charge on any atom is -0.491 e. The topological polar surface area (TPSA) is 35.5 Å². The van der Waals surface area contributed by atoms with E-state index < -0.39 is 19.0 Å². The zero-order valence-electron chi connectivity index (χ0n) is 15.2. The lowest BCUT2D eigenvalue weighted by molar-refractivity contribution is -0.153. The second-order valence-electron chi connectivity index (χ2n) is 6.82.